The number of carboxylic acid groups (broad SMARTS) is 1. The summed E-state index contributed by atoms with van der Waals surface area (Å²) in [6.07, 6.45) is 2.08. The van der Waals surface area contributed by atoms with Gasteiger partial charge in [-0.25, -0.2) is 4.98 Å². The van der Waals surface area contributed by atoms with Gasteiger partial charge in [0.15, 0.2) is 0 Å². The van der Waals surface area contributed by atoms with Crippen LogP contribution in [0.4, 0.5) is 0 Å². The summed E-state index contributed by atoms with van der Waals surface area (Å²) >= 11 is 0. The zero-order chi connectivity index (χ0) is 31.1. The standard InChI is InChI=1S/C23H26N2O4.C13H10O2/c1-16-21(25-23(29-16)18-6-4-3-5-7-18)12-13-28-20-10-8-17(9-11-22(26)27)19(14-20)15-24-2;14-10-11-6-8-13(9-7-11)15-12-4-2-1-3-5-12/h3-8,10,14,24H,9,11-13,15H2,1-2H3,(H,26,27);1-10H. The van der Waals surface area contributed by atoms with Crippen molar-refractivity contribution in [2.24, 2.45) is 0 Å². The fourth-order valence-electron chi connectivity index (χ4n) is 4.40. The molecule has 5 rings (SSSR count). The summed E-state index contributed by atoms with van der Waals surface area (Å²) in [5, 5.41) is 12.0. The third-order valence-electron chi connectivity index (χ3n) is 6.67. The number of aliphatic carboxylic acids is 1. The van der Waals surface area contributed by atoms with Crippen LogP contribution in [0.5, 0.6) is 17.2 Å². The second-order valence-corrected chi connectivity index (χ2v) is 9.94. The molecule has 0 aliphatic rings. The molecule has 0 saturated carbocycles. The Labute approximate surface area is 257 Å². The van der Waals surface area contributed by atoms with E-state index in [4.69, 9.17) is 19.0 Å². The van der Waals surface area contributed by atoms with Crippen molar-refractivity contribution in [3.63, 3.8) is 0 Å². The molecule has 2 N–H and O–H groups in total. The van der Waals surface area contributed by atoms with Gasteiger partial charge in [-0.2, -0.15) is 0 Å². The van der Waals surface area contributed by atoms with E-state index in [-0.39, 0.29) is 6.42 Å². The van der Waals surface area contributed by atoms with Crippen molar-refractivity contribution >= 4 is 12.3 Å². The maximum absolute atomic E-state index is 10.9. The number of carbonyl (C=O) groups is 2. The molecule has 226 valence electrons. The van der Waals surface area contributed by atoms with Crippen molar-refractivity contribution in [1.29, 1.82) is 0 Å². The molecule has 0 unspecified atom stereocenters. The normalized spacial score (nSPS) is 10.4. The lowest BCUT2D eigenvalue weighted by Crippen LogP contribution is -2.10. The van der Waals surface area contributed by atoms with Crippen LogP contribution in [-0.2, 0) is 24.2 Å². The minimum Gasteiger partial charge on any atom is -0.493 e. The lowest BCUT2D eigenvalue weighted by molar-refractivity contribution is -0.136. The van der Waals surface area contributed by atoms with E-state index in [1.165, 1.54) is 0 Å². The molecule has 0 bridgehead atoms. The van der Waals surface area contributed by atoms with Crippen LogP contribution in [0.25, 0.3) is 11.5 Å². The first-order valence-electron chi connectivity index (χ1n) is 14.4. The zero-order valence-corrected chi connectivity index (χ0v) is 24.9. The first kappa shape index (κ1) is 31.7. The number of aromatic nitrogens is 1. The number of aryl methyl sites for hydroxylation is 2. The van der Waals surface area contributed by atoms with Gasteiger partial charge in [0, 0.05) is 30.5 Å². The number of nitrogens with zero attached hydrogens (tertiary/aromatic N) is 1. The predicted octanol–water partition coefficient (Wildman–Crippen LogP) is 7.30. The van der Waals surface area contributed by atoms with E-state index < -0.39 is 5.97 Å². The quantitative estimate of drug-likeness (QED) is 0.137. The van der Waals surface area contributed by atoms with E-state index in [9.17, 15) is 9.59 Å². The van der Waals surface area contributed by atoms with Crippen LogP contribution < -0.4 is 14.8 Å². The first-order chi connectivity index (χ1) is 21.4. The Kier molecular flexibility index (Phi) is 11.8. The number of oxazole rings is 1. The van der Waals surface area contributed by atoms with E-state index in [0.29, 0.717) is 37.4 Å². The molecule has 0 spiro atoms. The Morgan fingerprint density at radius 2 is 1.52 bits per heavy atom. The van der Waals surface area contributed by atoms with Crippen LogP contribution in [0.2, 0.25) is 0 Å². The number of benzene rings is 4. The highest BCUT2D eigenvalue weighted by Crippen LogP contribution is 2.23. The average molecular weight is 593 g/mol. The van der Waals surface area contributed by atoms with Gasteiger partial charge in [-0.05, 0) is 92.2 Å². The van der Waals surface area contributed by atoms with Crippen LogP contribution in [0, 0.1) is 6.92 Å². The van der Waals surface area contributed by atoms with Crippen LogP contribution in [0.15, 0.2) is 108 Å². The fraction of sp³-hybridized carbons (Fsp3) is 0.194. The Morgan fingerprint density at radius 3 is 2.18 bits per heavy atom. The summed E-state index contributed by atoms with van der Waals surface area (Å²) in [5.74, 6) is 2.91. The maximum Gasteiger partial charge on any atom is 0.303 e. The van der Waals surface area contributed by atoms with E-state index >= 15 is 0 Å². The van der Waals surface area contributed by atoms with Crippen molar-refractivity contribution in [2.75, 3.05) is 13.7 Å². The second kappa shape index (κ2) is 16.4. The molecule has 1 heterocycles. The largest absolute Gasteiger partial charge is 0.493 e. The van der Waals surface area contributed by atoms with Crippen LogP contribution >= 0.6 is 0 Å². The third kappa shape index (κ3) is 9.68. The van der Waals surface area contributed by atoms with E-state index in [1.54, 1.807) is 24.3 Å². The fourth-order valence-corrected chi connectivity index (χ4v) is 4.40. The Morgan fingerprint density at radius 1 is 0.864 bits per heavy atom. The highest BCUT2D eigenvalue weighted by molar-refractivity contribution is 5.74. The Bertz CT molecular complexity index is 1620. The van der Waals surface area contributed by atoms with E-state index in [2.05, 4.69) is 10.3 Å². The van der Waals surface area contributed by atoms with Gasteiger partial charge in [0.1, 0.15) is 29.3 Å². The second-order valence-electron chi connectivity index (χ2n) is 9.94. The van der Waals surface area contributed by atoms with Crippen molar-refractivity contribution in [3.05, 3.63) is 131 Å². The van der Waals surface area contributed by atoms with Gasteiger partial charge in [-0.15, -0.1) is 0 Å². The van der Waals surface area contributed by atoms with Gasteiger partial charge in [-0.1, -0.05) is 42.5 Å². The number of hydrogen-bond donors (Lipinski definition) is 2. The number of carbonyl (C=O) groups excluding carboxylic acids is 1. The number of rotatable bonds is 13. The van der Waals surface area contributed by atoms with Crippen molar-refractivity contribution in [2.45, 2.75) is 32.7 Å². The average Bonchev–Trinajstić information content (AvgIpc) is 3.42. The number of para-hydroxylation sites is 1. The summed E-state index contributed by atoms with van der Waals surface area (Å²) < 4.78 is 17.3. The molecule has 8 heteroatoms. The molecule has 44 heavy (non-hydrogen) atoms. The van der Waals surface area contributed by atoms with Gasteiger partial charge in [0.25, 0.3) is 0 Å². The molecule has 4 aromatic carbocycles. The molecule has 0 atom stereocenters. The summed E-state index contributed by atoms with van der Waals surface area (Å²) in [6, 6.07) is 32.2. The highest BCUT2D eigenvalue weighted by Gasteiger charge is 2.12. The molecule has 8 nitrogen and oxygen atoms in total. The molecule has 0 radical (unpaired) electrons. The van der Waals surface area contributed by atoms with Crippen molar-refractivity contribution < 1.29 is 28.6 Å². The van der Waals surface area contributed by atoms with E-state index in [0.717, 1.165) is 51.7 Å². The van der Waals surface area contributed by atoms with Crippen LogP contribution in [0.3, 0.4) is 0 Å². The molecule has 0 aliphatic carbocycles. The van der Waals surface area contributed by atoms with Gasteiger partial charge in [-0.3, -0.25) is 9.59 Å². The summed E-state index contributed by atoms with van der Waals surface area (Å²) in [6.45, 7) is 3.06. The van der Waals surface area contributed by atoms with Crippen LogP contribution in [0.1, 0.15) is 39.4 Å². The molecule has 5 aromatic rings. The monoisotopic (exact) mass is 592 g/mol. The molecule has 0 amide bonds. The lowest BCUT2D eigenvalue weighted by Gasteiger charge is -2.12. The van der Waals surface area contributed by atoms with E-state index in [1.807, 2.05) is 92.8 Å². The smallest absolute Gasteiger partial charge is 0.303 e. The molecule has 0 saturated heterocycles. The predicted molar refractivity (Wildman–Crippen MR) is 169 cm³/mol. The Balaban J connectivity index is 0.000000246. The maximum atomic E-state index is 10.9. The topological polar surface area (TPSA) is 111 Å². The van der Waals surface area contributed by atoms with Gasteiger partial charge >= 0.3 is 5.97 Å². The minimum absolute atomic E-state index is 0.117. The molecular weight excluding hydrogens is 556 g/mol. The molecule has 1 aromatic heterocycles. The van der Waals surface area contributed by atoms with Crippen molar-refractivity contribution in [1.82, 2.24) is 10.3 Å². The lowest BCUT2D eigenvalue weighted by atomic mass is 10.0. The van der Waals surface area contributed by atoms with Gasteiger partial charge in [0.2, 0.25) is 5.89 Å². The summed E-state index contributed by atoms with van der Waals surface area (Å²) in [5.41, 5.74) is 4.56. The Hall–Kier alpha value is -5.21. The summed E-state index contributed by atoms with van der Waals surface area (Å²) in [7, 11) is 1.87. The highest BCUT2D eigenvalue weighted by atomic mass is 16.5. The van der Waals surface area contributed by atoms with Gasteiger partial charge < -0.3 is 24.3 Å². The number of ether oxygens (including phenoxy) is 2. The molecule has 0 aliphatic heterocycles. The van der Waals surface area contributed by atoms with Crippen molar-refractivity contribution in [3.8, 4) is 28.7 Å². The number of nitrogens with one attached hydrogen (secondary N) is 1. The minimum atomic E-state index is -0.793. The van der Waals surface area contributed by atoms with Crippen LogP contribution in [-0.4, -0.2) is 36.0 Å². The SMILES string of the molecule is CNCc1cc(OCCc2nc(-c3ccccc3)oc2C)ccc1CCC(=O)O.O=Cc1ccc(Oc2ccccc2)cc1. The summed E-state index contributed by atoms with van der Waals surface area (Å²) in [4.78, 5) is 25.9. The van der Waals surface area contributed by atoms with Gasteiger partial charge in [0.05, 0.1) is 12.3 Å². The zero-order valence-electron chi connectivity index (χ0n) is 24.9. The number of hydrogen-bond acceptors (Lipinski definition) is 7. The number of aldehydes is 1. The molecule has 0 fully saturated rings. The molecular formula is C36H36N2O6. The third-order valence-corrected chi connectivity index (χ3v) is 6.67. The first-order valence-corrected chi connectivity index (χ1v) is 14.4. The number of carboxylic acids is 1.